The summed E-state index contributed by atoms with van der Waals surface area (Å²) in [7, 11) is 0. The number of benzene rings is 2. The minimum absolute atomic E-state index is 0.266. The minimum atomic E-state index is -0.266. The van der Waals surface area contributed by atoms with Crippen molar-refractivity contribution in [1.82, 2.24) is 19.7 Å². The number of halogens is 1. The summed E-state index contributed by atoms with van der Waals surface area (Å²) >= 11 is 1.91. The molecule has 168 valence electrons. The molecule has 3 aromatic heterocycles. The Bertz CT molecular complexity index is 1520. The summed E-state index contributed by atoms with van der Waals surface area (Å²) in [5.74, 6) is 3.27. The Hall–Kier alpha value is -3.45. The maximum atomic E-state index is 13.6. The molecule has 0 amide bonds. The van der Waals surface area contributed by atoms with Gasteiger partial charge in [0.15, 0.2) is 0 Å². The molecular weight excluding hydrogens is 447 g/mol. The second kappa shape index (κ2) is 7.81. The Morgan fingerprint density at radius 1 is 0.941 bits per heavy atom. The van der Waals surface area contributed by atoms with E-state index >= 15 is 0 Å². The predicted molar refractivity (Wildman–Crippen MR) is 132 cm³/mol. The predicted octanol–water partition coefficient (Wildman–Crippen LogP) is 6.72. The fourth-order valence-corrected chi connectivity index (χ4v) is 5.28. The second-order valence-electron chi connectivity index (χ2n) is 9.02. The number of thioether (sulfide) groups is 1. The lowest BCUT2D eigenvalue weighted by molar-refractivity contribution is 0.528. The summed E-state index contributed by atoms with van der Waals surface area (Å²) < 4.78 is 21.8. The molecule has 2 fully saturated rings. The van der Waals surface area contributed by atoms with Crippen LogP contribution in [0.2, 0.25) is 0 Å². The van der Waals surface area contributed by atoms with Gasteiger partial charge in [0.05, 0.1) is 17.1 Å². The maximum absolute atomic E-state index is 13.6. The molecule has 2 aliphatic rings. The van der Waals surface area contributed by atoms with Gasteiger partial charge in [-0.2, -0.15) is 16.9 Å². The highest BCUT2D eigenvalue weighted by atomic mass is 32.2. The van der Waals surface area contributed by atoms with Crippen molar-refractivity contribution in [3.8, 4) is 33.8 Å². The van der Waals surface area contributed by atoms with Crippen LogP contribution in [0.1, 0.15) is 30.4 Å². The molecule has 0 radical (unpaired) electrons. The van der Waals surface area contributed by atoms with Crippen LogP contribution in [0.4, 0.5) is 4.39 Å². The van der Waals surface area contributed by atoms with E-state index in [-0.39, 0.29) is 5.82 Å². The monoisotopic (exact) mass is 468 g/mol. The molecule has 0 spiro atoms. The zero-order valence-corrected chi connectivity index (χ0v) is 19.1. The fourth-order valence-electron chi connectivity index (χ4n) is 4.52. The van der Waals surface area contributed by atoms with Crippen molar-refractivity contribution in [3.05, 3.63) is 78.5 Å². The van der Waals surface area contributed by atoms with E-state index in [4.69, 9.17) is 9.52 Å². The molecule has 7 rings (SSSR count). The average Bonchev–Trinajstić information content (AvgIpc) is 3.45. The van der Waals surface area contributed by atoms with Crippen molar-refractivity contribution >= 4 is 22.9 Å². The molecule has 1 aliphatic carbocycles. The molecular formula is C27H21FN4OS. The van der Waals surface area contributed by atoms with E-state index in [1.54, 1.807) is 12.1 Å². The first-order valence-electron chi connectivity index (χ1n) is 11.5. The van der Waals surface area contributed by atoms with E-state index in [1.807, 2.05) is 22.5 Å². The summed E-state index contributed by atoms with van der Waals surface area (Å²) in [6.07, 6.45) is 6.12. The molecule has 0 bridgehead atoms. The van der Waals surface area contributed by atoms with Gasteiger partial charge in [0.1, 0.15) is 23.6 Å². The lowest BCUT2D eigenvalue weighted by Gasteiger charge is -2.24. The third-order valence-electron chi connectivity index (χ3n) is 6.65. The largest absolute Gasteiger partial charge is 0.438 e. The number of hydrogen-bond acceptors (Lipinski definition) is 5. The van der Waals surface area contributed by atoms with Crippen molar-refractivity contribution in [3.63, 3.8) is 0 Å². The van der Waals surface area contributed by atoms with Crippen molar-refractivity contribution in [2.75, 3.05) is 11.5 Å². The van der Waals surface area contributed by atoms with Gasteiger partial charge in [-0.25, -0.2) is 14.4 Å². The average molecular weight is 469 g/mol. The fraction of sp³-hybridized carbons (Fsp3) is 0.222. The molecule has 1 aliphatic heterocycles. The topological polar surface area (TPSA) is 56.7 Å². The van der Waals surface area contributed by atoms with Crippen LogP contribution in [0.25, 0.3) is 44.9 Å². The van der Waals surface area contributed by atoms with Crippen LogP contribution < -0.4 is 0 Å². The normalized spacial score (nSPS) is 16.1. The highest BCUT2D eigenvalue weighted by Crippen LogP contribution is 2.42. The first-order valence-corrected chi connectivity index (χ1v) is 12.7. The third-order valence-corrected chi connectivity index (χ3v) is 7.89. The molecule has 0 N–H and O–H groups in total. The maximum Gasteiger partial charge on any atom is 0.230 e. The van der Waals surface area contributed by atoms with E-state index in [0.717, 1.165) is 50.7 Å². The molecule has 2 aromatic carbocycles. The standard InChI is InChI=1S/C27H21FN4OS/c28-20-8-6-17(7-9-20)25-23(12-32(31-25)21-13-34-14-21)26-22-11-24(33-27(22)30-15-29-26)19-3-1-2-18(10-19)16-4-5-16/h1-3,6-12,15-16,21H,4-5,13-14H2. The number of aromatic nitrogens is 4. The number of furan rings is 1. The van der Waals surface area contributed by atoms with Gasteiger partial charge in [0, 0.05) is 34.4 Å². The van der Waals surface area contributed by atoms with E-state index in [0.29, 0.717) is 17.7 Å². The summed E-state index contributed by atoms with van der Waals surface area (Å²) in [6, 6.07) is 17.4. The zero-order chi connectivity index (χ0) is 22.6. The highest BCUT2D eigenvalue weighted by molar-refractivity contribution is 8.00. The summed E-state index contributed by atoms with van der Waals surface area (Å²) in [4.78, 5) is 9.07. The van der Waals surface area contributed by atoms with E-state index < -0.39 is 0 Å². The summed E-state index contributed by atoms with van der Waals surface area (Å²) in [5, 5.41) is 5.76. The zero-order valence-electron chi connectivity index (χ0n) is 18.3. The first-order chi connectivity index (χ1) is 16.7. The highest BCUT2D eigenvalue weighted by Gasteiger charge is 2.26. The van der Waals surface area contributed by atoms with Crippen LogP contribution in [0.3, 0.4) is 0 Å². The Balaban J connectivity index is 1.37. The Kier molecular flexibility index (Phi) is 4.58. The molecule has 1 saturated carbocycles. The van der Waals surface area contributed by atoms with Gasteiger partial charge in [-0.15, -0.1) is 0 Å². The summed E-state index contributed by atoms with van der Waals surface area (Å²) in [5.41, 5.74) is 6.28. The lowest BCUT2D eigenvalue weighted by Crippen LogP contribution is -2.23. The van der Waals surface area contributed by atoms with E-state index in [2.05, 4.69) is 40.4 Å². The summed E-state index contributed by atoms with van der Waals surface area (Å²) in [6.45, 7) is 0. The molecule has 1 saturated heterocycles. The molecule has 4 heterocycles. The van der Waals surface area contributed by atoms with Gasteiger partial charge in [0.25, 0.3) is 0 Å². The first kappa shape index (κ1) is 20.0. The van der Waals surface area contributed by atoms with Crippen LogP contribution in [0, 0.1) is 5.82 Å². The number of nitrogens with zero attached hydrogens (tertiary/aromatic N) is 4. The van der Waals surface area contributed by atoms with E-state index in [1.165, 1.54) is 36.9 Å². The Morgan fingerprint density at radius 3 is 2.56 bits per heavy atom. The quantitative estimate of drug-likeness (QED) is 0.286. The van der Waals surface area contributed by atoms with Crippen LogP contribution in [0.15, 0.2) is 71.5 Å². The second-order valence-corrected chi connectivity index (χ2v) is 10.1. The van der Waals surface area contributed by atoms with Gasteiger partial charge in [0.2, 0.25) is 5.71 Å². The van der Waals surface area contributed by atoms with Crippen molar-refractivity contribution in [2.45, 2.75) is 24.8 Å². The van der Waals surface area contributed by atoms with Crippen LogP contribution >= 0.6 is 11.8 Å². The van der Waals surface area contributed by atoms with Gasteiger partial charge < -0.3 is 4.42 Å². The van der Waals surface area contributed by atoms with Crippen LogP contribution in [0.5, 0.6) is 0 Å². The molecule has 34 heavy (non-hydrogen) atoms. The van der Waals surface area contributed by atoms with Gasteiger partial charge in [-0.3, -0.25) is 4.68 Å². The van der Waals surface area contributed by atoms with Gasteiger partial charge >= 0.3 is 0 Å². The smallest absolute Gasteiger partial charge is 0.230 e. The number of rotatable bonds is 5. The van der Waals surface area contributed by atoms with Crippen molar-refractivity contribution in [2.24, 2.45) is 0 Å². The molecule has 7 heteroatoms. The molecule has 5 nitrogen and oxygen atoms in total. The third kappa shape index (κ3) is 3.42. The van der Waals surface area contributed by atoms with Crippen molar-refractivity contribution < 1.29 is 8.81 Å². The van der Waals surface area contributed by atoms with Crippen LogP contribution in [-0.2, 0) is 0 Å². The SMILES string of the molecule is Fc1ccc(-c2nn(C3CSC3)cc2-c2ncnc3oc(-c4cccc(C5CC5)c4)cc23)cc1. The van der Waals surface area contributed by atoms with Gasteiger partial charge in [-0.1, -0.05) is 18.2 Å². The number of fused-ring (bicyclic) bond motifs is 1. The number of hydrogen-bond donors (Lipinski definition) is 0. The van der Waals surface area contributed by atoms with Crippen LogP contribution in [-0.4, -0.2) is 31.3 Å². The van der Waals surface area contributed by atoms with Crippen molar-refractivity contribution in [1.29, 1.82) is 0 Å². The minimum Gasteiger partial charge on any atom is -0.438 e. The van der Waals surface area contributed by atoms with Gasteiger partial charge in [-0.05, 0) is 60.7 Å². The Labute approximate surface area is 200 Å². The van der Waals surface area contributed by atoms with E-state index in [9.17, 15) is 4.39 Å². The Morgan fingerprint density at radius 2 is 1.79 bits per heavy atom. The molecule has 0 unspecified atom stereocenters. The molecule has 5 aromatic rings. The lowest BCUT2D eigenvalue weighted by atomic mass is 10.0. The molecule has 0 atom stereocenters.